The average Bonchev–Trinajstić information content (AvgIpc) is 3.15. The molecule has 2 aromatic carbocycles. The number of H-pyrrole nitrogens is 1. The minimum absolute atomic E-state index is 0.0198. The lowest BCUT2D eigenvalue weighted by Crippen LogP contribution is -3.06. The molecule has 3 aromatic rings. The minimum Gasteiger partial charge on any atom is -0.493 e. The number of rotatable bonds is 9. The van der Waals surface area contributed by atoms with Gasteiger partial charge in [-0.2, -0.15) is 0 Å². The van der Waals surface area contributed by atoms with Crippen molar-refractivity contribution in [3.63, 3.8) is 0 Å². The quantitative estimate of drug-likeness (QED) is 0.518. The van der Waals surface area contributed by atoms with Crippen LogP contribution in [0.5, 0.6) is 11.5 Å². The van der Waals surface area contributed by atoms with Gasteiger partial charge in [-0.05, 0) is 17.7 Å². The van der Waals surface area contributed by atoms with Crippen LogP contribution in [0, 0.1) is 0 Å². The van der Waals surface area contributed by atoms with Crippen LogP contribution >= 0.6 is 0 Å². The summed E-state index contributed by atoms with van der Waals surface area (Å²) in [6.07, 6.45) is 2.32. The van der Waals surface area contributed by atoms with Crippen LogP contribution in [0.15, 0.2) is 48.7 Å². The highest BCUT2D eigenvalue weighted by Gasteiger charge is 2.26. The van der Waals surface area contributed by atoms with Gasteiger partial charge in [0.25, 0.3) is 0 Å². The molecule has 0 unspecified atom stereocenters. The highest BCUT2D eigenvalue weighted by molar-refractivity contribution is 5.86. The highest BCUT2D eigenvalue weighted by atomic mass is 16.5. The maximum atomic E-state index is 12.8. The molecule has 0 spiro atoms. The van der Waals surface area contributed by atoms with E-state index < -0.39 is 0 Å². The smallest absolute Gasteiger partial charge is 0.221 e. The molecule has 1 aromatic heterocycles. The van der Waals surface area contributed by atoms with Crippen molar-refractivity contribution in [3.8, 4) is 11.5 Å². The van der Waals surface area contributed by atoms with Crippen LogP contribution in [0.3, 0.4) is 0 Å². The third-order valence-electron chi connectivity index (χ3n) is 5.14. The Balaban J connectivity index is 2.00. The van der Waals surface area contributed by atoms with Gasteiger partial charge in [-0.3, -0.25) is 4.79 Å². The van der Waals surface area contributed by atoms with Crippen molar-refractivity contribution in [2.45, 2.75) is 12.3 Å². The van der Waals surface area contributed by atoms with Crippen LogP contribution in [-0.4, -0.2) is 52.3 Å². The van der Waals surface area contributed by atoms with Crippen molar-refractivity contribution in [2.24, 2.45) is 0 Å². The number of likely N-dealkylation sites (N-methyl/N-ethyl adjacent to an activating group) is 1. The molecule has 6 nitrogen and oxygen atoms in total. The second kappa shape index (κ2) is 9.47. The molecule has 0 saturated carbocycles. The zero-order chi connectivity index (χ0) is 20.8. The van der Waals surface area contributed by atoms with Crippen molar-refractivity contribution in [1.29, 1.82) is 0 Å². The lowest BCUT2D eigenvalue weighted by Gasteiger charge is -2.21. The van der Waals surface area contributed by atoms with Crippen molar-refractivity contribution in [2.75, 3.05) is 41.4 Å². The summed E-state index contributed by atoms with van der Waals surface area (Å²) in [5, 5.41) is 4.15. The third-order valence-corrected chi connectivity index (χ3v) is 5.14. The number of para-hydroxylation sites is 2. The van der Waals surface area contributed by atoms with E-state index in [2.05, 4.69) is 30.5 Å². The summed E-state index contributed by atoms with van der Waals surface area (Å²) in [7, 11) is 7.40. The van der Waals surface area contributed by atoms with E-state index in [1.807, 2.05) is 42.6 Å². The summed E-state index contributed by atoms with van der Waals surface area (Å²) in [6, 6.07) is 13.9. The number of nitrogens with one attached hydrogen (secondary N) is 3. The van der Waals surface area contributed by atoms with Gasteiger partial charge >= 0.3 is 0 Å². The monoisotopic (exact) mass is 396 g/mol. The Morgan fingerprint density at radius 1 is 1.07 bits per heavy atom. The van der Waals surface area contributed by atoms with Gasteiger partial charge in [0.15, 0.2) is 11.5 Å². The van der Waals surface area contributed by atoms with E-state index in [9.17, 15) is 4.79 Å². The standard InChI is InChI=1S/C23H29N3O3/c1-26(2)13-12-24-22(27)14-18(17-9-7-11-21(28-3)23(17)29-4)19-15-25-20-10-6-5-8-16(19)20/h5-11,15,18,25H,12-14H2,1-4H3,(H,24,27)/p+1/t18-/m1/s1. The highest BCUT2D eigenvalue weighted by Crippen LogP contribution is 2.41. The van der Waals surface area contributed by atoms with E-state index >= 15 is 0 Å². The van der Waals surface area contributed by atoms with Gasteiger partial charge in [0.2, 0.25) is 5.91 Å². The van der Waals surface area contributed by atoms with E-state index in [1.54, 1.807) is 14.2 Å². The fourth-order valence-corrected chi connectivity index (χ4v) is 3.67. The molecule has 0 aliphatic rings. The SMILES string of the molecule is COc1cccc([C@@H](CC(=O)NCC[NH+](C)C)c2c[nH]c3ccccc23)c1OC. The van der Waals surface area contributed by atoms with Crippen LogP contribution in [-0.2, 0) is 4.79 Å². The minimum atomic E-state index is -0.164. The maximum Gasteiger partial charge on any atom is 0.221 e. The topological polar surface area (TPSA) is 67.8 Å². The first-order valence-electron chi connectivity index (χ1n) is 9.87. The Bertz CT molecular complexity index is 965. The number of quaternary nitrogens is 1. The molecule has 29 heavy (non-hydrogen) atoms. The number of amides is 1. The maximum absolute atomic E-state index is 12.8. The summed E-state index contributed by atoms with van der Waals surface area (Å²) in [6.45, 7) is 1.53. The van der Waals surface area contributed by atoms with Gasteiger partial charge in [-0.1, -0.05) is 30.3 Å². The number of ether oxygens (including phenoxy) is 2. The Morgan fingerprint density at radius 3 is 2.59 bits per heavy atom. The Labute approximate surface area is 171 Å². The number of hydrogen-bond donors (Lipinski definition) is 3. The second-order valence-electron chi connectivity index (χ2n) is 7.44. The normalized spacial score (nSPS) is 12.2. The van der Waals surface area contributed by atoms with Crippen LogP contribution in [0.2, 0.25) is 0 Å². The molecule has 0 saturated heterocycles. The van der Waals surface area contributed by atoms with Crippen LogP contribution in [0.4, 0.5) is 0 Å². The number of carbonyl (C=O) groups excluding carboxylic acids is 1. The van der Waals surface area contributed by atoms with Gasteiger partial charge < -0.3 is 24.7 Å². The van der Waals surface area contributed by atoms with Crippen LogP contribution in [0.1, 0.15) is 23.5 Å². The molecule has 0 radical (unpaired) electrons. The zero-order valence-corrected chi connectivity index (χ0v) is 17.5. The van der Waals surface area contributed by atoms with Crippen molar-refractivity contribution >= 4 is 16.8 Å². The summed E-state index contributed by atoms with van der Waals surface area (Å²) in [4.78, 5) is 17.4. The number of aromatic amines is 1. The summed E-state index contributed by atoms with van der Waals surface area (Å²) in [5.74, 6) is 1.18. The fraction of sp³-hybridized carbons (Fsp3) is 0.348. The summed E-state index contributed by atoms with van der Waals surface area (Å²) in [5.41, 5.74) is 3.05. The van der Waals surface area contributed by atoms with Gasteiger partial charge in [0.05, 0.1) is 41.4 Å². The van der Waals surface area contributed by atoms with Gasteiger partial charge in [-0.25, -0.2) is 0 Å². The molecular weight excluding hydrogens is 366 g/mol. The first-order chi connectivity index (χ1) is 14.0. The predicted octanol–water partition coefficient (Wildman–Crippen LogP) is 1.97. The number of benzene rings is 2. The largest absolute Gasteiger partial charge is 0.493 e. The molecule has 1 heterocycles. The Kier molecular flexibility index (Phi) is 6.77. The average molecular weight is 397 g/mol. The van der Waals surface area contributed by atoms with E-state index in [1.165, 1.54) is 4.90 Å². The Hall–Kier alpha value is -2.99. The van der Waals surface area contributed by atoms with Crippen molar-refractivity contribution in [3.05, 3.63) is 59.8 Å². The number of fused-ring (bicyclic) bond motifs is 1. The molecule has 0 aliphatic heterocycles. The molecule has 0 fully saturated rings. The zero-order valence-electron chi connectivity index (χ0n) is 17.5. The number of aromatic nitrogens is 1. The molecule has 1 atom stereocenters. The molecule has 1 amide bonds. The van der Waals surface area contributed by atoms with Gasteiger partial charge in [0.1, 0.15) is 0 Å². The Morgan fingerprint density at radius 2 is 1.86 bits per heavy atom. The van der Waals surface area contributed by atoms with Crippen LogP contribution < -0.4 is 19.7 Å². The molecule has 3 N–H and O–H groups in total. The summed E-state index contributed by atoms with van der Waals surface area (Å²) >= 11 is 0. The molecule has 0 bridgehead atoms. The number of methoxy groups -OCH3 is 2. The number of carbonyl (C=O) groups is 1. The molecule has 154 valence electrons. The van der Waals surface area contributed by atoms with Gasteiger partial charge in [0, 0.05) is 35.0 Å². The van der Waals surface area contributed by atoms with Crippen molar-refractivity contribution in [1.82, 2.24) is 10.3 Å². The number of hydrogen-bond acceptors (Lipinski definition) is 3. The molecule has 0 aliphatic carbocycles. The van der Waals surface area contributed by atoms with E-state index in [0.29, 0.717) is 24.5 Å². The first-order valence-corrected chi connectivity index (χ1v) is 9.87. The van der Waals surface area contributed by atoms with Gasteiger partial charge in [-0.15, -0.1) is 0 Å². The van der Waals surface area contributed by atoms with E-state index in [0.717, 1.165) is 28.6 Å². The van der Waals surface area contributed by atoms with Crippen LogP contribution in [0.25, 0.3) is 10.9 Å². The van der Waals surface area contributed by atoms with E-state index in [-0.39, 0.29) is 11.8 Å². The molecular formula is C23H30N3O3+. The molecule has 6 heteroatoms. The lowest BCUT2D eigenvalue weighted by molar-refractivity contribution is -0.856. The molecule has 3 rings (SSSR count). The van der Waals surface area contributed by atoms with E-state index in [4.69, 9.17) is 9.47 Å². The fourth-order valence-electron chi connectivity index (χ4n) is 3.67. The predicted molar refractivity (Wildman–Crippen MR) is 115 cm³/mol. The first kappa shape index (κ1) is 20.7. The second-order valence-corrected chi connectivity index (χ2v) is 7.44. The lowest BCUT2D eigenvalue weighted by atomic mass is 9.87. The van der Waals surface area contributed by atoms with Crippen molar-refractivity contribution < 1.29 is 19.2 Å². The third kappa shape index (κ3) is 4.71. The summed E-state index contributed by atoms with van der Waals surface area (Å²) < 4.78 is 11.2.